The highest BCUT2D eigenvalue weighted by molar-refractivity contribution is 5.72. The number of aryl methyl sites for hydroxylation is 1. The monoisotopic (exact) mass is 239 g/mol. The van der Waals surface area contributed by atoms with Gasteiger partial charge in [-0.3, -0.25) is 0 Å². The summed E-state index contributed by atoms with van der Waals surface area (Å²) in [6.45, 7) is 2.38. The molecule has 0 saturated heterocycles. The molecule has 0 spiro atoms. The van der Waals surface area contributed by atoms with Gasteiger partial charge >= 0.3 is 0 Å². The van der Waals surface area contributed by atoms with Gasteiger partial charge in [0, 0.05) is 0 Å². The number of fused-ring (bicyclic) bond motifs is 1. The minimum atomic E-state index is 0.345. The summed E-state index contributed by atoms with van der Waals surface area (Å²) in [6.07, 6.45) is 0. The van der Waals surface area contributed by atoms with Crippen LogP contribution in [-0.4, -0.2) is 4.98 Å². The van der Waals surface area contributed by atoms with Gasteiger partial charge in [-0.2, -0.15) is 0 Å². The van der Waals surface area contributed by atoms with Crippen LogP contribution in [0.5, 0.6) is 5.75 Å². The van der Waals surface area contributed by atoms with Crippen molar-refractivity contribution in [1.82, 2.24) is 4.98 Å². The van der Waals surface area contributed by atoms with Gasteiger partial charge in [0.05, 0.1) is 0 Å². The third-order valence-corrected chi connectivity index (χ3v) is 2.69. The van der Waals surface area contributed by atoms with Crippen LogP contribution in [0.2, 0.25) is 0 Å². The lowest BCUT2D eigenvalue weighted by Crippen LogP contribution is -1.95. The standard InChI is InChI=1S/C15H13NO2/c1-11-5-4-6-12(9-11)17-10-15-16-13-7-2-3-8-14(13)18-15/h2-9H,10H2,1H3. The molecule has 3 nitrogen and oxygen atoms in total. The Hall–Kier alpha value is -2.29. The Labute approximate surface area is 105 Å². The fraction of sp³-hybridized carbons (Fsp3) is 0.133. The van der Waals surface area contributed by atoms with E-state index < -0.39 is 0 Å². The summed E-state index contributed by atoms with van der Waals surface area (Å²) < 4.78 is 11.2. The highest BCUT2D eigenvalue weighted by atomic mass is 16.5. The third kappa shape index (κ3) is 2.20. The number of hydrogen-bond donors (Lipinski definition) is 0. The predicted octanol–water partition coefficient (Wildman–Crippen LogP) is 3.72. The number of oxazole rings is 1. The Morgan fingerprint density at radius 2 is 2.00 bits per heavy atom. The normalized spacial score (nSPS) is 10.7. The van der Waals surface area contributed by atoms with Gasteiger partial charge in [-0.15, -0.1) is 0 Å². The summed E-state index contributed by atoms with van der Waals surface area (Å²) in [5, 5.41) is 0. The molecule has 0 fully saturated rings. The van der Waals surface area contributed by atoms with Gasteiger partial charge in [0.15, 0.2) is 12.2 Å². The molecule has 0 N–H and O–H groups in total. The highest BCUT2D eigenvalue weighted by Crippen LogP contribution is 2.17. The smallest absolute Gasteiger partial charge is 0.233 e. The highest BCUT2D eigenvalue weighted by Gasteiger charge is 2.05. The molecule has 90 valence electrons. The molecule has 0 bridgehead atoms. The number of hydrogen-bond acceptors (Lipinski definition) is 3. The fourth-order valence-corrected chi connectivity index (χ4v) is 1.83. The van der Waals surface area contributed by atoms with E-state index in [1.807, 2.05) is 55.5 Å². The average Bonchev–Trinajstić information content (AvgIpc) is 2.79. The molecule has 0 radical (unpaired) electrons. The van der Waals surface area contributed by atoms with Crippen molar-refractivity contribution in [2.24, 2.45) is 0 Å². The second-order valence-corrected chi connectivity index (χ2v) is 4.18. The van der Waals surface area contributed by atoms with Crippen molar-refractivity contribution in [1.29, 1.82) is 0 Å². The van der Waals surface area contributed by atoms with Crippen molar-refractivity contribution in [3.8, 4) is 5.75 Å². The Morgan fingerprint density at radius 1 is 1.11 bits per heavy atom. The van der Waals surface area contributed by atoms with Crippen molar-refractivity contribution in [3.05, 3.63) is 60.0 Å². The zero-order chi connectivity index (χ0) is 12.4. The fourth-order valence-electron chi connectivity index (χ4n) is 1.83. The summed E-state index contributed by atoms with van der Waals surface area (Å²) in [4.78, 5) is 4.36. The van der Waals surface area contributed by atoms with Crippen LogP contribution < -0.4 is 4.74 Å². The number of nitrogens with zero attached hydrogens (tertiary/aromatic N) is 1. The summed E-state index contributed by atoms with van der Waals surface area (Å²) in [5.74, 6) is 1.43. The third-order valence-electron chi connectivity index (χ3n) is 2.69. The first kappa shape index (κ1) is 10.8. The Balaban J connectivity index is 1.76. The molecule has 3 aromatic rings. The van der Waals surface area contributed by atoms with Crippen LogP contribution in [0.25, 0.3) is 11.1 Å². The molecule has 3 heteroatoms. The van der Waals surface area contributed by atoms with Crippen molar-refractivity contribution >= 4 is 11.1 Å². The van der Waals surface area contributed by atoms with E-state index in [-0.39, 0.29) is 0 Å². The van der Waals surface area contributed by atoms with E-state index >= 15 is 0 Å². The van der Waals surface area contributed by atoms with E-state index in [1.165, 1.54) is 5.56 Å². The lowest BCUT2D eigenvalue weighted by atomic mass is 10.2. The largest absolute Gasteiger partial charge is 0.484 e. The minimum absolute atomic E-state index is 0.345. The van der Waals surface area contributed by atoms with Crippen LogP contribution in [0.4, 0.5) is 0 Å². The molecule has 18 heavy (non-hydrogen) atoms. The van der Waals surface area contributed by atoms with Crippen LogP contribution in [0, 0.1) is 6.92 Å². The summed E-state index contributed by atoms with van der Waals surface area (Å²) in [7, 11) is 0. The molecule has 2 aromatic carbocycles. The molecule has 0 aliphatic rings. The SMILES string of the molecule is Cc1cccc(OCc2nc3ccccc3o2)c1. The molecule has 3 rings (SSSR count). The van der Waals surface area contributed by atoms with Crippen molar-refractivity contribution in [2.45, 2.75) is 13.5 Å². The topological polar surface area (TPSA) is 35.3 Å². The summed E-state index contributed by atoms with van der Waals surface area (Å²) in [6, 6.07) is 15.6. The van der Waals surface area contributed by atoms with Crippen LogP contribution in [0.1, 0.15) is 11.5 Å². The Kier molecular flexibility index (Phi) is 2.73. The van der Waals surface area contributed by atoms with Gasteiger partial charge in [-0.1, -0.05) is 24.3 Å². The Bertz CT molecular complexity index is 640. The van der Waals surface area contributed by atoms with Crippen LogP contribution in [0.3, 0.4) is 0 Å². The molecular weight excluding hydrogens is 226 g/mol. The molecule has 0 atom stereocenters. The lowest BCUT2D eigenvalue weighted by Gasteiger charge is -2.03. The molecule has 1 aromatic heterocycles. The minimum Gasteiger partial charge on any atom is -0.484 e. The molecular formula is C15H13NO2. The second kappa shape index (κ2) is 4.53. The van der Waals surface area contributed by atoms with Crippen molar-refractivity contribution in [3.63, 3.8) is 0 Å². The van der Waals surface area contributed by atoms with E-state index in [0.717, 1.165) is 16.8 Å². The molecule has 0 amide bonds. The van der Waals surface area contributed by atoms with Gasteiger partial charge in [0.1, 0.15) is 11.3 Å². The summed E-state index contributed by atoms with van der Waals surface area (Å²) in [5.41, 5.74) is 2.82. The van der Waals surface area contributed by atoms with Crippen molar-refractivity contribution in [2.75, 3.05) is 0 Å². The zero-order valence-electron chi connectivity index (χ0n) is 10.1. The number of ether oxygens (including phenoxy) is 1. The number of aromatic nitrogens is 1. The van der Waals surface area contributed by atoms with Gasteiger partial charge in [-0.25, -0.2) is 4.98 Å². The zero-order valence-corrected chi connectivity index (χ0v) is 10.1. The molecule has 0 aliphatic heterocycles. The van der Waals surface area contributed by atoms with E-state index in [0.29, 0.717) is 12.5 Å². The van der Waals surface area contributed by atoms with Gasteiger partial charge < -0.3 is 9.15 Å². The van der Waals surface area contributed by atoms with E-state index in [4.69, 9.17) is 9.15 Å². The van der Waals surface area contributed by atoms with Gasteiger partial charge in [0.2, 0.25) is 5.89 Å². The van der Waals surface area contributed by atoms with Crippen LogP contribution in [0.15, 0.2) is 52.9 Å². The predicted molar refractivity (Wildman–Crippen MR) is 69.5 cm³/mol. The maximum absolute atomic E-state index is 5.65. The van der Waals surface area contributed by atoms with Gasteiger partial charge in [-0.05, 0) is 36.8 Å². The molecule has 0 unspecified atom stereocenters. The first-order chi connectivity index (χ1) is 8.81. The maximum Gasteiger partial charge on any atom is 0.233 e. The first-order valence-corrected chi connectivity index (χ1v) is 5.85. The second-order valence-electron chi connectivity index (χ2n) is 4.18. The maximum atomic E-state index is 5.65. The summed E-state index contributed by atoms with van der Waals surface area (Å²) >= 11 is 0. The molecule has 0 saturated carbocycles. The van der Waals surface area contributed by atoms with E-state index in [9.17, 15) is 0 Å². The first-order valence-electron chi connectivity index (χ1n) is 5.85. The van der Waals surface area contributed by atoms with E-state index in [1.54, 1.807) is 0 Å². The molecule has 1 heterocycles. The molecule has 0 aliphatic carbocycles. The number of para-hydroxylation sites is 2. The van der Waals surface area contributed by atoms with E-state index in [2.05, 4.69) is 4.98 Å². The van der Waals surface area contributed by atoms with Gasteiger partial charge in [0.25, 0.3) is 0 Å². The Morgan fingerprint density at radius 3 is 2.83 bits per heavy atom. The number of rotatable bonds is 3. The quantitative estimate of drug-likeness (QED) is 0.698. The number of benzene rings is 2. The van der Waals surface area contributed by atoms with Crippen LogP contribution >= 0.6 is 0 Å². The lowest BCUT2D eigenvalue weighted by molar-refractivity contribution is 0.267. The average molecular weight is 239 g/mol. The van der Waals surface area contributed by atoms with Crippen LogP contribution in [-0.2, 0) is 6.61 Å². The van der Waals surface area contributed by atoms with Crippen molar-refractivity contribution < 1.29 is 9.15 Å².